The number of fused-ring (bicyclic) bond motifs is 1. The largest absolute Gasteiger partial charge is 0.293 e. The molecule has 1 aromatic carbocycles. The Bertz CT molecular complexity index is 1050. The van der Waals surface area contributed by atoms with Gasteiger partial charge in [-0.2, -0.15) is 5.26 Å². The minimum Gasteiger partial charge on any atom is -0.293 e. The number of pyridine rings is 2. The second-order valence-corrected chi connectivity index (χ2v) is 6.81. The maximum atomic E-state index is 13.1. The Labute approximate surface area is 154 Å². The summed E-state index contributed by atoms with van der Waals surface area (Å²) in [6.07, 6.45) is 0.742. The summed E-state index contributed by atoms with van der Waals surface area (Å²) in [6, 6.07) is 14.0. The van der Waals surface area contributed by atoms with E-state index < -0.39 is 0 Å². The molecule has 3 rings (SSSR count). The summed E-state index contributed by atoms with van der Waals surface area (Å²) in [5.74, 6) is 0. The lowest BCUT2D eigenvalue weighted by Crippen LogP contribution is -2.25. The zero-order chi connectivity index (χ0) is 18.0. The standard InChI is InChI=1S/C20H18BrN3O/c1-3-24-19-16(10-9-13(2)23-19)18(14-6-4-7-15(21)12-14)17(20(24)25)8-5-11-22/h4,6-7,9-10,12H,3,5,8H2,1-2H3. The zero-order valence-electron chi connectivity index (χ0n) is 14.2. The van der Waals surface area contributed by atoms with Crippen LogP contribution in [0.4, 0.5) is 0 Å². The van der Waals surface area contributed by atoms with E-state index in [9.17, 15) is 4.79 Å². The van der Waals surface area contributed by atoms with Crippen molar-refractivity contribution in [2.75, 3.05) is 0 Å². The highest BCUT2D eigenvalue weighted by atomic mass is 79.9. The van der Waals surface area contributed by atoms with Gasteiger partial charge in [0.15, 0.2) is 0 Å². The Morgan fingerprint density at radius 1 is 1.28 bits per heavy atom. The molecule has 3 aromatic rings. The number of hydrogen-bond donors (Lipinski definition) is 0. The van der Waals surface area contributed by atoms with Crippen LogP contribution in [0.15, 0.2) is 45.7 Å². The summed E-state index contributed by atoms with van der Waals surface area (Å²) in [6.45, 7) is 4.41. The van der Waals surface area contributed by atoms with Gasteiger partial charge < -0.3 is 0 Å². The molecule has 0 saturated carbocycles. The predicted octanol–water partition coefficient (Wildman–Crippen LogP) is 4.61. The number of rotatable bonds is 4. The third-order valence-corrected chi connectivity index (χ3v) is 4.75. The molecule has 0 fully saturated rings. The van der Waals surface area contributed by atoms with Crippen molar-refractivity contribution < 1.29 is 0 Å². The molecule has 0 aliphatic carbocycles. The number of aromatic nitrogens is 2. The summed E-state index contributed by atoms with van der Waals surface area (Å²) in [5, 5.41) is 9.96. The first-order valence-electron chi connectivity index (χ1n) is 8.22. The van der Waals surface area contributed by atoms with Crippen molar-refractivity contribution in [2.24, 2.45) is 0 Å². The fourth-order valence-electron chi connectivity index (χ4n) is 3.15. The normalized spacial score (nSPS) is 10.8. The molecule has 0 N–H and O–H groups in total. The lowest BCUT2D eigenvalue weighted by molar-refractivity contribution is 0.735. The van der Waals surface area contributed by atoms with Gasteiger partial charge in [0.2, 0.25) is 0 Å². The summed E-state index contributed by atoms with van der Waals surface area (Å²) in [7, 11) is 0. The van der Waals surface area contributed by atoms with E-state index in [1.807, 2.05) is 50.2 Å². The van der Waals surface area contributed by atoms with E-state index in [-0.39, 0.29) is 5.56 Å². The first-order valence-corrected chi connectivity index (χ1v) is 9.02. The van der Waals surface area contributed by atoms with Crippen LogP contribution in [0.2, 0.25) is 0 Å². The van der Waals surface area contributed by atoms with E-state index >= 15 is 0 Å². The van der Waals surface area contributed by atoms with Gasteiger partial charge in [0.25, 0.3) is 5.56 Å². The molecule has 0 saturated heterocycles. The van der Waals surface area contributed by atoms with Crippen LogP contribution < -0.4 is 5.56 Å². The number of hydrogen-bond acceptors (Lipinski definition) is 3. The van der Waals surface area contributed by atoms with Gasteiger partial charge in [-0.25, -0.2) is 4.98 Å². The molecule has 0 radical (unpaired) electrons. The Hall–Kier alpha value is -2.45. The van der Waals surface area contributed by atoms with Crippen molar-refractivity contribution in [2.45, 2.75) is 33.2 Å². The molecule has 0 atom stereocenters. The minimum absolute atomic E-state index is 0.0571. The highest BCUT2D eigenvalue weighted by Gasteiger charge is 2.18. The van der Waals surface area contributed by atoms with Crippen LogP contribution in [-0.4, -0.2) is 9.55 Å². The lowest BCUT2D eigenvalue weighted by Gasteiger charge is -2.17. The fourth-order valence-corrected chi connectivity index (χ4v) is 3.55. The molecule has 0 aliphatic heterocycles. The van der Waals surface area contributed by atoms with Gasteiger partial charge in [-0.3, -0.25) is 9.36 Å². The Kier molecular flexibility index (Phi) is 5.00. The summed E-state index contributed by atoms with van der Waals surface area (Å²) < 4.78 is 2.65. The molecule has 126 valence electrons. The van der Waals surface area contributed by atoms with Crippen LogP contribution in [0, 0.1) is 18.3 Å². The first kappa shape index (κ1) is 17.4. The van der Waals surface area contributed by atoms with Crippen molar-refractivity contribution in [3.63, 3.8) is 0 Å². The van der Waals surface area contributed by atoms with Crippen molar-refractivity contribution in [3.8, 4) is 17.2 Å². The SMILES string of the molecule is CCn1c(=O)c(CCC#N)c(-c2cccc(Br)c2)c2ccc(C)nc21. The third kappa shape index (κ3) is 3.22. The van der Waals surface area contributed by atoms with Crippen LogP contribution in [0.3, 0.4) is 0 Å². The van der Waals surface area contributed by atoms with Gasteiger partial charge in [-0.05, 0) is 50.1 Å². The van der Waals surface area contributed by atoms with Crippen molar-refractivity contribution in [1.82, 2.24) is 9.55 Å². The molecule has 2 heterocycles. The highest BCUT2D eigenvalue weighted by molar-refractivity contribution is 9.10. The molecular formula is C20H18BrN3O. The van der Waals surface area contributed by atoms with Crippen LogP contribution in [-0.2, 0) is 13.0 Å². The molecule has 0 bridgehead atoms. The number of benzene rings is 1. The van der Waals surface area contributed by atoms with Gasteiger partial charge in [0.1, 0.15) is 5.65 Å². The first-order chi connectivity index (χ1) is 12.1. The van der Waals surface area contributed by atoms with Crippen molar-refractivity contribution in [1.29, 1.82) is 5.26 Å². The highest BCUT2D eigenvalue weighted by Crippen LogP contribution is 2.32. The monoisotopic (exact) mass is 395 g/mol. The third-order valence-electron chi connectivity index (χ3n) is 4.26. The maximum absolute atomic E-state index is 13.1. The Morgan fingerprint density at radius 2 is 2.08 bits per heavy atom. The molecule has 5 heteroatoms. The van der Waals surface area contributed by atoms with Crippen LogP contribution in [0.5, 0.6) is 0 Å². The quantitative estimate of drug-likeness (QED) is 0.647. The average Bonchev–Trinajstić information content (AvgIpc) is 2.59. The molecular weight excluding hydrogens is 378 g/mol. The maximum Gasteiger partial charge on any atom is 0.256 e. The molecule has 4 nitrogen and oxygen atoms in total. The molecule has 2 aromatic heterocycles. The lowest BCUT2D eigenvalue weighted by atomic mass is 9.94. The topological polar surface area (TPSA) is 58.7 Å². The van der Waals surface area contributed by atoms with E-state index in [4.69, 9.17) is 5.26 Å². The van der Waals surface area contributed by atoms with Gasteiger partial charge in [0, 0.05) is 39.6 Å². The summed E-state index contributed by atoms with van der Waals surface area (Å²) in [4.78, 5) is 17.7. The zero-order valence-corrected chi connectivity index (χ0v) is 15.8. The molecule has 0 amide bonds. The van der Waals surface area contributed by atoms with E-state index in [0.717, 1.165) is 26.7 Å². The van der Waals surface area contributed by atoms with Gasteiger partial charge in [-0.1, -0.05) is 28.1 Å². The summed E-state index contributed by atoms with van der Waals surface area (Å²) >= 11 is 3.51. The number of aryl methyl sites for hydroxylation is 2. The Morgan fingerprint density at radius 3 is 2.76 bits per heavy atom. The molecule has 0 aliphatic rings. The number of halogens is 1. The molecule has 0 spiro atoms. The predicted molar refractivity (Wildman–Crippen MR) is 103 cm³/mol. The fraction of sp³-hybridized carbons (Fsp3) is 0.250. The summed E-state index contributed by atoms with van der Waals surface area (Å²) in [5.41, 5.74) is 4.03. The molecule has 25 heavy (non-hydrogen) atoms. The number of nitrogens with zero attached hydrogens (tertiary/aromatic N) is 3. The van der Waals surface area contributed by atoms with Crippen LogP contribution in [0.1, 0.15) is 24.6 Å². The second kappa shape index (κ2) is 7.20. The average molecular weight is 396 g/mol. The molecule has 0 unspecified atom stereocenters. The number of nitriles is 1. The second-order valence-electron chi connectivity index (χ2n) is 5.90. The van der Waals surface area contributed by atoms with Gasteiger partial charge in [-0.15, -0.1) is 0 Å². The Balaban J connectivity index is 2.47. The van der Waals surface area contributed by atoms with Gasteiger partial charge in [0.05, 0.1) is 6.07 Å². The minimum atomic E-state index is -0.0571. The van der Waals surface area contributed by atoms with Crippen molar-refractivity contribution in [3.05, 3.63) is 62.5 Å². The van der Waals surface area contributed by atoms with E-state index in [1.165, 1.54) is 0 Å². The van der Waals surface area contributed by atoms with Crippen LogP contribution in [0.25, 0.3) is 22.2 Å². The van der Waals surface area contributed by atoms with Crippen LogP contribution >= 0.6 is 15.9 Å². The van der Waals surface area contributed by atoms with E-state index in [2.05, 4.69) is 27.0 Å². The van der Waals surface area contributed by atoms with Crippen molar-refractivity contribution >= 4 is 27.0 Å². The van der Waals surface area contributed by atoms with E-state index in [1.54, 1.807) is 4.57 Å². The smallest absolute Gasteiger partial charge is 0.256 e. The van der Waals surface area contributed by atoms with Gasteiger partial charge >= 0.3 is 0 Å². The van der Waals surface area contributed by atoms with E-state index in [0.29, 0.717) is 30.6 Å².